The van der Waals surface area contributed by atoms with E-state index in [1.807, 2.05) is 24.7 Å². The third-order valence-electron chi connectivity index (χ3n) is 6.08. The molecule has 144 valence electrons. The molecule has 3 aromatic heterocycles. The van der Waals surface area contributed by atoms with Gasteiger partial charge in [0.05, 0.1) is 22.9 Å². The molecule has 0 N–H and O–H groups in total. The number of aromatic nitrogens is 3. The average molecular weight is 385 g/mol. The van der Waals surface area contributed by atoms with Crippen molar-refractivity contribution in [3.8, 4) is 0 Å². The Bertz CT molecular complexity index is 1040. The van der Waals surface area contributed by atoms with Gasteiger partial charge in [0.1, 0.15) is 9.53 Å². The zero-order valence-electron chi connectivity index (χ0n) is 16.8. The van der Waals surface area contributed by atoms with Crippen LogP contribution in [0.3, 0.4) is 0 Å². The Morgan fingerprint density at radius 2 is 1.85 bits per heavy atom. The molecule has 0 amide bonds. The maximum absolute atomic E-state index is 13.2. The van der Waals surface area contributed by atoms with Gasteiger partial charge in [0, 0.05) is 26.3 Å². The highest BCUT2D eigenvalue weighted by Gasteiger charge is 2.31. The van der Waals surface area contributed by atoms with Crippen LogP contribution in [0, 0.1) is 11.3 Å². The van der Waals surface area contributed by atoms with Gasteiger partial charge in [-0.1, -0.05) is 20.8 Å². The van der Waals surface area contributed by atoms with E-state index in [-0.39, 0.29) is 11.6 Å². The second-order valence-corrected chi connectivity index (χ2v) is 10.0. The molecule has 27 heavy (non-hydrogen) atoms. The molecule has 0 radical (unpaired) electrons. The number of hydrogen-bond donors (Lipinski definition) is 0. The zero-order valence-corrected chi connectivity index (χ0v) is 17.6. The fourth-order valence-electron chi connectivity index (χ4n) is 4.40. The van der Waals surface area contributed by atoms with Gasteiger partial charge in [0.2, 0.25) is 0 Å². The van der Waals surface area contributed by atoms with E-state index in [1.165, 1.54) is 24.2 Å². The van der Waals surface area contributed by atoms with E-state index < -0.39 is 0 Å². The highest BCUT2D eigenvalue weighted by atomic mass is 32.1. The number of nitrogens with zero attached hydrogens (tertiary/aromatic N) is 4. The third-order valence-corrected chi connectivity index (χ3v) is 7.16. The lowest BCUT2D eigenvalue weighted by Crippen LogP contribution is -2.31. The molecule has 0 atom stereocenters. The molecule has 0 aliphatic heterocycles. The lowest BCUT2D eigenvalue weighted by Gasteiger charge is -2.37. The van der Waals surface area contributed by atoms with E-state index in [0.717, 1.165) is 44.9 Å². The molecule has 0 spiro atoms. The third kappa shape index (κ3) is 3.14. The normalized spacial score (nSPS) is 21.1. The Morgan fingerprint density at radius 3 is 2.48 bits per heavy atom. The van der Waals surface area contributed by atoms with E-state index in [1.54, 1.807) is 12.5 Å². The molecule has 0 saturated heterocycles. The van der Waals surface area contributed by atoms with Crippen LogP contribution in [0.2, 0.25) is 0 Å². The lowest BCUT2D eigenvalue weighted by molar-refractivity contribution is 0.151. The van der Waals surface area contributed by atoms with Crippen molar-refractivity contribution in [3.05, 3.63) is 28.9 Å². The second kappa shape index (κ2) is 6.59. The summed E-state index contributed by atoms with van der Waals surface area (Å²) in [6.07, 6.45) is 8.04. The molecule has 3 heterocycles. The van der Waals surface area contributed by atoms with Crippen molar-refractivity contribution in [3.63, 3.8) is 0 Å². The summed E-state index contributed by atoms with van der Waals surface area (Å²) in [6.45, 7) is 6.97. The molecule has 1 fully saturated rings. The Kier molecular flexibility index (Phi) is 4.49. The van der Waals surface area contributed by atoms with Gasteiger partial charge in [-0.15, -0.1) is 11.3 Å². The van der Waals surface area contributed by atoms with Gasteiger partial charge in [-0.05, 0) is 43.1 Å². The SMILES string of the molecule is CN(C)c1ccnc2sc3c(=O)n(C4CCC(C(C)(C)C)CC4)cnc3c12. The monoisotopic (exact) mass is 384 g/mol. The zero-order chi connectivity index (χ0) is 19.3. The largest absolute Gasteiger partial charge is 0.377 e. The fourth-order valence-corrected chi connectivity index (χ4v) is 5.46. The molecule has 0 aromatic carbocycles. The first-order valence-corrected chi connectivity index (χ1v) is 10.5. The van der Waals surface area contributed by atoms with Crippen LogP contribution >= 0.6 is 11.3 Å². The molecule has 1 aliphatic rings. The number of anilines is 1. The molecular weight excluding hydrogens is 356 g/mol. The summed E-state index contributed by atoms with van der Waals surface area (Å²) in [4.78, 5) is 25.4. The summed E-state index contributed by atoms with van der Waals surface area (Å²) in [5.74, 6) is 0.734. The molecule has 6 heteroatoms. The highest BCUT2D eigenvalue weighted by molar-refractivity contribution is 7.25. The predicted molar refractivity (Wildman–Crippen MR) is 114 cm³/mol. The summed E-state index contributed by atoms with van der Waals surface area (Å²) in [6, 6.07) is 2.25. The quantitative estimate of drug-likeness (QED) is 0.634. The molecular formula is C21H28N4OS. The minimum Gasteiger partial charge on any atom is -0.377 e. The number of thiophene rings is 1. The van der Waals surface area contributed by atoms with Gasteiger partial charge >= 0.3 is 0 Å². The van der Waals surface area contributed by atoms with Gasteiger partial charge < -0.3 is 4.90 Å². The fraction of sp³-hybridized carbons (Fsp3) is 0.571. The van der Waals surface area contributed by atoms with Gasteiger partial charge in [0.25, 0.3) is 5.56 Å². The smallest absolute Gasteiger partial charge is 0.271 e. The van der Waals surface area contributed by atoms with Gasteiger partial charge in [0.15, 0.2) is 0 Å². The predicted octanol–water partition coefficient (Wildman–Crippen LogP) is 4.85. The first kappa shape index (κ1) is 18.4. The standard InChI is InChI=1S/C21H28N4OS/c1-21(2,3)13-6-8-14(9-7-13)25-12-23-17-16-15(24(4)5)10-11-22-19(16)27-18(17)20(25)26/h10-14H,6-9H2,1-5H3. The van der Waals surface area contributed by atoms with Crippen LogP contribution in [-0.4, -0.2) is 28.6 Å². The van der Waals surface area contributed by atoms with Gasteiger partial charge in [-0.25, -0.2) is 9.97 Å². The van der Waals surface area contributed by atoms with E-state index >= 15 is 0 Å². The number of hydrogen-bond acceptors (Lipinski definition) is 5. The minimum atomic E-state index is 0.0897. The number of rotatable bonds is 2. The van der Waals surface area contributed by atoms with Crippen LogP contribution in [-0.2, 0) is 0 Å². The van der Waals surface area contributed by atoms with Crippen LogP contribution in [0.4, 0.5) is 5.69 Å². The first-order valence-electron chi connectivity index (χ1n) is 9.73. The van der Waals surface area contributed by atoms with Crippen molar-refractivity contribution in [2.75, 3.05) is 19.0 Å². The Labute approximate surface area is 164 Å². The molecule has 1 saturated carbocycles. The summed E-state index contributed by atoms with van der Waals surface area (Å²) < 4.78 is 2.61. The molecule has 1 aliphatic carbocycles. The molecule has 0 bridgehead atoms. The lowest BCUT2D eigenvalue weighted by atomic mass is 9.71. The summed E-state index contributed by atoms with van der Waals surface area (Å²) >= 11 is 1.47. The highest BCUT2D eigenvalue weighted by Crippen LogP contribution is 2.41. The molecule has 0 unspecified atom stereocenters. The van der Waals surface area contributed by atoms with Crippen molar-refractivity contribution in [1.82, 2.24) is 14.5 Å². The van der Waals surface area contributed by atoms with Gasteiger partial charge in [-0.2, -0.15) is 0 Å². The van der Waals surface area contributed by atoms with Crippen LogP contribution in [0.25, 0.3) is 20.4 Å². The number of fused-ring (bicyclic) bond motifs is 3. The topological polar surface area (TPSA) is 51.0 Å². The van der Waals surface area contributed by atoms with Crippen molar-refractivity contribution in [1.29, 1.82) is 0 Å². The minimum absolute atomic E-state index is 0.0897. The maximum Gasteiger partial charge on any atom is 0.271 e. The Morgan fingerprint density at radius 1 is 1.15 bits per heavy atom. The summed E-state index contributed by atoms with van der Waals surface area (Å²) in [5.41, 5.74) is 2.28. The first-order chi connectivity index (χ1) is 12.8. The number of pyridine rings is 1. The molecule has 3 aromatic rings. The molecule has 5 nitrogen and oxygen atoms in total. The van der Waals surface area contributed by atoms with Crippen LogP contribution < -0.4 is 10.5 Å². The molecule has 4 rings (SSSR count). The maximum atomic E-state index is 13.2. The van der Waals surface area contributed by atoms with Crippen LogP contribution in [0.5, 0.6) is 0 Å². The Balaban J connectivity index is 1.75. The van der Waals surface area contributed by atoms with E-state index in [4.69, 9.17) is 4.98 Å². The Hall–Kier alpha value is -1.95. The van der Waals surface area contributed by atoms with Gasteiger partial charge in [-0.3, -0.25) is 9.36 Å². The van der Waals surface area contributed by atoms with Crippen molar-refractivity contribution < 1.29 is 0 Å². The van der Waals surface area contributed by atoms with Crippen molar-refractivity contribution in [2.45, 2.75) is 52.5 Å². The van der Waals surface area contributed by atoms with Crippen LogP contribution in [0.1, 0.15) is 52.5 Å². The average Bonchev–Trinajstić information content (AvgIpc) is 3.01. The van der Waals surface area contributed by atoms with Crippen molar-refractivity contribution in [2.24, 2.45) is 11.3 Å². The second-order valence-electron chi connectivity index (χ2n) is 9.01. The van der Waals surface area contributed by atoms with E-state index in [0.29, 0.717) is 5.41 Å². The van der Waals surface area contributed by atoms with Crippen LogP contribution in [0.15, 0.2) is 23.4 Å². The van der Waals surface area contributed by atoms with E-state index in [9.17, 15) is 4.79 Å². The van der Waals surface area contributed by atoms with E-state index in [2.05, 4.69) is 30.7 Å². The summed E-state index contributed by atoms with van der Waals surface area (Å²) in [5, 5.41) is 0.989. The van der Waals surface area contributed by atoms with Crippen molar-refractivity contribution >= 4 is 37.5 Å². The summed E-state index contributed by atoms with van der Waals surface area (Å²) in [7, 11) is 4.01.